The van der Waals surface area contributed by atoms with E-state index in [1.54, 1.807) is 0 Å². The second-order valence-corrected chi connectivity index (χ2v) is 3.41. The van der Waals surface area contributed by atoms with Crippen molar-refractivity contribution >= 4 is 5.97 Å². The van der Waals surface area contributed by atoms with Gasteiger partial charge in [-0.1, -0.05) is 0 Å². The lowest BCUT2D eigenvalue weighted by Crippen LogP contribution is -2.11. The Morgan fingerprint density at radius 1 is 1.53 bits per heavy atom. The molecule has 0 fully saturated rings. The minimum absolute atomic E-state index is 0.00792. The summed E-state index contributed by atoms with van der Waals surface area (Å²) in [5.74, 6) is -1.14. The van der Waals surface area contributed by atoms with Crippen LogP contribution in [0, 0.1) is 0 Å². The number of aliphatic hydroxyl groups is 1. The Labute approximate surface area is 87.3 Å². The number of carbonyl (C=O) groups is 1. The second-order valence-electron chi connectivity index (χ2n) is 3.41. The molecule has 1 atom stereocenters. The van der Waals surface area contributed by atoms with E-state index >= 15 is 0 Å². The maximum absolute atomic E-state index is 10.5. The highest BCUT2D eigenvalue weighted by Crippen LogP contribution is 2.17. The van der Waals surface area contributed by atoms with Gasteiger partial charge in [-0.05, 0) is 26.0 Å². The van der Waals surface area contributed by atoms with Crippen molar-refractivity contribution in [1.29, 1.82) is 0 Å². The predicted octanol–water partition coefficient (Wildman–Crippen LogP) is 1.44. The van der Waals surface area contributed by atoms with Gasteiger partial charge in [0.1, 0.15) is 11.9 Å². The topological polar surface area (TPSA) is 79.9 Å². The normalized spacial score (nSPS) is 13.1. The summed E-state index contributed by atoms with van der Waals surface area (Å²) in [6.07, 6.45) is -0.922. The second kappa shape index (κ2) is 4.95. The molecule has 0 aliphatic rings. The lowest BCUT2D eigenvalue weighted by atomic mass is 10.3. The first-order valence-electron chi connectivity index (χ1n) is 4.63. The molecule has 0 saturated heterocycles. The van der Waals surface area contributed by atoms with Crippen LogP contribution in [0.15, 0.2) is 16.5 Å². The van der Waals surface area contributed by atoms with Crippen LogP contribution in [0.1, 0.15) is 36.3 Å². The van der Waals surface area contributed by atoms with Crippen molar-refractivity contribution in [2.75, 3.05) is 6.61 Å². The Morgan fingerprint density at radius 3 is 2.67 bits per heavy atom. The molecule has 0 saturated carbocycles. The summed E-state index contributed by atoms with van der Waals surface area (Å²) in [5.41, 5.74) is 0. The number of aromatic carboxylic acids is 1. The number of hydrogen-bond acceptors (Lipinski definition) is 4. The number of carboxylic acid groups (broad SMARTS) is 1. The first-order chi connectivity index (χ1) is 7.00. The van der Waals surface area contributed by atoms with Gasteiger partial charge >= 0.3 is 5.97 Å². The fourth-order valence-electron chi connectivity index (χ4n) is 1.01. The van der Waals surface area contributed by atoms with Crippen LogP contribution in [-0.2, 0) is 4.74 Å². The average molecular weight is 214 g/mol. The Hall–Kier alpha value is -1.33. The van der Waals surface area contributed by atoms with Gasteiger partial charge in [0.25, 0.3) is 0 Å². The van der Waals surface area contributed by atoms with Crippen LogP contribution in [0.25, 0.3) is 0 Å². The summed E-state index contributed by atoms with van der Waals surface area (Å²) in [4.78, 5) is 10.5. The zero-order chi connectivity index (χ0) is 11.4. The molecule has 0 amide bonds. The van der Waals surface area contributed by atoms with E-state index in [9.17, 15) is 9.90 Å². The van der Waals surface area contributed by atoms with Crippen molar-refractivity contribution in [3.63, 3.8) is 0 Å². The molecular formula is C10H14O5. The Bertz CT molecular complexity index is 328. The van der Waals surface area contributed by atoms with Crippen molar-refractivity contribution in [3.05, 3.63) is 23.7 Å². The summed E-state index contributed by atoms with van der Waals surface area (Å²) in [6.45, 7) is 3.78. The molecule has 0 aliphatic carbocycles. The van der Waals surface area contributed by atoms with Crippen LogP contribution in [0.5, 0.6) is 0 Å². The molecule has 5 heteroatoms. The molecule has 1 aromatic rings. The summed E-state index contributed by atoms with van der Waals surface area (Å²) in [6, 6.07) is 2.73. The van der Waals surface area contributed by atoms with Crippen molar-refractivity contribution in [3.8, 4) is 0 Å². The van der Waals surface area contributed by atoms with E-state index in [1.165, 1.54) is 12.1 Å². The van der Waals surface area contributed by atoms with Gasteiger partial charge < -0.3 is 19.4 Å². The molecule has 1 unspecified atom stereocenters. The molecule has 1 rings (SSSR count). The van der Waals surface area contributed by atoms with Crippen molar-refractivity contribution in [1.82, 2.24) is 0 Å². The summed E-state index contributed by atoms with van der Waals surface area (Å²) < 4.78 is 10.1. The lowest BCUT2D eigenvalue weighted by molar-refractivity contribution is -0.00403. The van der Waals surface area contributed by atoms with Gasteiger partial charge in [0.15, 0.2) is 0 Å². The SMILES string of the molecule is CC(C)OCC(O)c1ccc(C(=O)O)o1. The fraction of sp³-hybridized carbons (Fsp3) is 0.500. The predicted molar refractivity (Wildman–Crippen MR) is 51.7 cm³/mol. The third-order valence-corrected chi connectivity index (χ3v) is 1.75. The minimum Gasteiger partial charge on any atom is -0.475 e. The number of hydrogen-bond donors (Lipinski definition) is 2. The van der Waals surface area contributed by atoms with E-state index in [-0.39, 0.29) is 24.2 Å². The molecule has 0 spiro atoms. The first-order valence-corrected chi connectivity index (χ1v) is 4.63. The van der Waals surface area contributed by atoms with Crippen LogP contribution in [0.4, 0.5) is 0 Å². The molecule has 84 valence electrons. The average Bonchev–Trinajstić information content (AvgIpc) is 2.62. The van der Waals surface area contributed by atoms with Gasteiger partial charge in [0.05, 0.1) is 12.7 Å². The van der Waals surface area contributed by atoms with Crippen molar-refractivity contribution in [2.45, 2.75) is 26.1 Å². The summed E-state index contributed by atoms with van der Waals surface area (Å²) in [5, 5.41) is 18.1. The van der Waals surface area contributed by atoms with Crippen LogP contribution >= 0.6 is 0 Å². The van der Waals surface area contributed by atoms with Crippen LogP contribution in [0.3, 0.4) is 0 Å². The van der Waals surface area contributed by atoms with E-state index in [0.29, 0.717) is 0 Å². The maximum Gasteiger partial charge on any atom is 0.371 e. The van der Waals surface area contributed by atoms with E-state index in [1.807, 2.05) is 13.8 Å². The Kier molecular flexibility index (Phi) is 3.88. The highest BCUT2D eigenvalue weighted by molar-refractivity contribution is 5.84. The third-order valence-electron chi connectivity index (χ3n) is 1.75. The number of ether oxygens (including phenoxy) is 1. The molecule has 15 heavy (non-hydrogen) atoms. The zero-order valence-electron chi connectivity index (χ0n) is 8.64. The lowest BCUT2D eigenvalue weighted by Gasteiger charge is -2.10. The molecule has 0 bridgehead atoms. The van der Waals surface area contributed by atoms with Crippen LogP contribution in [-0.4, -0.2) is 28.9 Å². The highest BCUT2D eigenvalue weighted by Gasteiger charge is 2.16. The van der Waals surface area contributed by atoms with Gasteiger partial charge in [-0.2, -0.15) is 0 Å². The first kappa shape index (κ1) is 11.7. The highest BCUT2D eigenvalue weighted by atomic mass is 16.5. The fourth-order valence-corrected chi connectivity index (χ4v) is 1.01. The van der Waals surface area contributed by atoms with Gasteiger partial charge in [-0.3, -0.25) is 0 Å². The van der Waals surface area contributed by atoms with Gasteiger partial charge in [0.2, 0.25) is 5.76 Å². The minimum atomic E-state index is -1.15. The van der Waals surface area contributed by atoms with E-state index < -0.39 is 12.1 Å². The number of rotatable bonds is 5. The molecule has 2 N–H and O–H groups in total. The molecule has 1 aromatic heterocycles. The van der Waals surface area contributed by atoms with Gasteiger partial charge in [0, 0.05) is 0 Å². The van der Waals surface area contributed by atoms with Crippen molar-refractivity contribution in [2.24, 2.45) is 0 Å². The standard InChI is InChI=1S/C10H14O5/c1-6(2)14-5-7(11)8-3-4-9(15-8)10(12)13/h3-4,6-7,11H,5H2,1-2H3,(H,12,13). The Morgan fingerprint density at radius 2 is 2.20 bits per heavy atom. The van der Waals surface area contributed by atoms with Crippen molar-refractivity contribution < 1.29 is 24.2 Å². The zero-order valence-corrected chi connectivity index (χ0v) is 8.64. The van der Waals surface area contributed by atoms with E-state index in [0.717, 1.165) is 0 Å². The third kappa shape index (κ3) is 3.38. The van der Waals surface area contributed by atoms with Crippen LogP contribution in [0.2, 0.25) is 0 Å². The molecular weight excluding hydrogens is 200 g/mol. The molecule has 5 nitrogen and oxygen atoms in total. The van der Waals surface area contributed by atoms with Gasteiger partial charge in [-0.15, -0.1) is 0 Å². The number of furan rings is 1. The monoisotopic (exact) mass is 214 g/mol. The quantitative estimate of drug-likeness (QED) is 0.775. The molecule has 1 heterocycles. The number of carboxylic acids is 1. The summed E-state index contributed by atoms with van der Waals surface area (Å²) in [7, 11) is 0. The molecule has 0 aromatic carbocycles. The van der Waals surface area contributed by atoms with Crippen LogP contribution < -0.4 is 0 Å². The summed E-state index contributed by atoms with van der Waals surface area (Å²) >= 11 is 0. The smallest absolute Gasteiger partial charge is 0.371 e. The van der Waals surface area contributed by atoms with Gasteiger partial charge in [-0.25, -0.2) is 4.79 Å². The Balaban J connectivity index is 2.58. The largest absolute Gasteiger partial charge is 0.475 e. The van der Waals surface area contributed by atoms with E-state index in [4.69, 9.17) is 14.3 Å². The van der Waals surface area contributed by atoms with E-state index in [2.05, 4.69) is 0 Å². The molecule has 0 radical (unpaired) electrons. The molecule has 0 aliphatic heterocycles. The number of aliphatic hydroxyl groups excluding tert-OH is 1. The maximum atomic E-state index is 10.5.